The number of piperidine rings is 1. The molecular weight excluding hydrogens is 236 g/mol. The van der Waals surface area contributed by atoms with Gasteiger partial charge in [-0.25, -0.2) is 12.7 Å². The van der Waals surface area contributed by atoms with E-state index in [4.69, 9.17) is 0 Å². The molecule has 1 fully saturated rings. The summed E-state index contributed by atoms with van der Waals surface area (Å²) < 4.78 is 24.6. The van der Waals surface area contributed by atoms with Crippen LogP contribution < -0.4 is 5.32 Å². The van der Waals surface area contributed by atoms with Crippen molar-refractivity contribution in [3.8, 4) is 0 Å². The lowest BCUT2D eigenvalue weighted by molar-refractivity contribution is 0.251. The second-order valence-corrected chi connectivity index (χ2v) is 7.23. The molecule has 5 heteroatoms. The number of hydrogen-bond donors (Lipinski definition) is 1. The molecule has 1 N–H and O–H groups in total. The molecule has 4 nitrogen and oxygen atoms in total. The Bertz CT molecular complexity index is 316. The SMILES string of the molecule is CNC(C)CCCC1CCCN(S(C)(=O)=O)C1. The third kappa shape index (κ3) is 5.36. The van der Waals surface area contributed by atoms with Gasteiger partial charge in [-0.2, -0.15) is 0 Å². The second-order valence-electron chi connectivity index (χ2n) is 5.25. The predicted molar refractivity (Wildman–Crippen MR) is 71.5 cm³/mol. The van der Waals surface area contributed by atoms with E-state index in [1.54, 1.807) is 4.31 Å². The van der Waals surface area contributed by atoms with Crippen LogP contribution in [0.5, 0.6) is 0 Å². The highest BCUT2D eigenvalue weighted by Crippen LogP contribution is 2.23. The van der Waals surface area contributed by atoms with Crippen molar-refractivity contribution in [1.82, 2.24) is 9.62 Å². The van der Waals surface area contributed by atoms with Crippen LogP contribution in [0, 0.1) is 5.92 Å². The predicted octanol–water partition coefficient (Wildman–Crippen LogP) is 1.44. The molecule has 1 aliphatic rings. The van der Waals surface area contributed by atoms with Gasteiger partial charge in [0.25, 0.3) is 0 Å². The fourth-order valence-electron chi connectivity index (χ4n) is 2.42. The van der Waals surface area contributed by atoms with E-state index in [9.17, 15) is 8.42 Å². The summed E-state index contributed by atoms with van der Waals surface area (Å²) in [7, 11) is -1.00. The van der Waals surface area contributed by atoms with E-state index in [1.807, 2.05) is 7.05 Å². The highest BCUT2D eigenvalue weighted by Gasteiger charge is 2.25. The fourth-order valence-corrected chi connectivity index (χ4v) is 3.36. The quantitative estimate of drug-likeness (QED) is 0.788. The van der Waals surface area contributed by atoms with E-state index in [2.05, 4.69) is 12.2 Å². The summed E-state index contributed by atoms with van der Waals surface area (Å²) >= 11 is 0. The summed E-state index contributed by atoms with van der Waals surface area (Å²) in [4.78, 5) is 0. The maximum absolute atomic E-state index is 11.5. The zero-order valence-corrected chi connectivity index (χ0v) is 12.1. The number of rotatable bonds is 6. The Kier molecular flexibility index (Phi) is 5.89. The van der Waals surface area contributed by atoms with E-state index in [0.717, 1.165) is 19.4 Å². The van der Waals surface area contributed by atoms with Crippen LogP contribution in [0.15, 0.2) is 0 Å². The lowest BCUT2D eigenvalue weighted by Gasteiger charge is -2.31. The van der Waals surface area contributed by atoms with Gasteiger partial charge in [-0.15, -0.1) is 0 Å². The maximum Gasteiger partial charge on any atom is 0.211 e. The van der Waals surface area contributed by atoms with Gasteiger partial charge in [-0.3, -0.25) is 0 Å². The van der Waals surface area contributed by atoms with Gasteiger partial charge in [0.1, 0.15) is 0 Å². The van der Waals surface area contributed by atoms with Crippen molar-refractivity contribution < 1.29 is 8.42 Å². The van der Waals surface area contributed by atoms with Crippen molar-refractivity contribution in [1.29, 1.82) is 0 Å². The molecule has 0 bridgehead atoms. The average molecular weight is 262 g/mol. The molecule has 0 aromatic carbocycles. The first kappa shape index (κ1) is 14.9. The van der Waals surface area contributed by atoms with Gasteiger partial charge >= 0.3 is 0 Å². The van der Waals surface area contributed by atoms with Crippen molar-refractivity contribution in [2.45, 2.75) is 45.1 Å². The minimum Gasteiger partial charge on any atom is -0.317 e. The second kappa shape index (κ2) is 6.71. The van der Waals surface area contributed by atoms with Gasteiger partial charge < -0.3 is 5.32 Å². The fraction of sp³-hybridized carbons (Fsp3) is 1.00. The maximum atomic E-state index is 11.5. The molecule has 0 radical (unpaired) electrons. The Morgan fingerprint density at radius 3 is 2.76 bits per heavy atom. The van der Waals surface area contributed by atoms with E-state index >= 15 is 0 Å². The Morgan fingerprint density at radius 1 is 1.47 bits per heavy atom. The third-order valence-corrected chi connectivity index (χ3v) is 4.96. The largest absolute Gasteiger partial charge is 0.317 e. The summed E-state index contributed by atoms with van der Waals surface area (Å²) in [6.07, 6.45) is 7.02. The standard InChI is InChI=1S/C12H26N2O2S/c1-11(13-2)6-4-7-12-8-5-9-14(10-12)17(3,15)16/h11-13H,4-10H2,1-3H3. The number of hydrogen-bond acceptors (Lipinski definition) is 3. The van der Waals surface area contributed by atoms with Gasteiger partial charge in [-0.1, -0.05) is 6.42 Å². The Hall–Kier alpha value is -0.130. The van der Waals surface area contributed by atoms with Crippen LogP contribution in [0.2, 0.25) is 0 Å². The lowest BCUT2D eigenvalue weighted by atomic mass is 9.93. The van der Waals surface area contributed by atoms with Crippen molar-refractivity contribution >= 4 is 10.0 Å². The molecule has 0 aliphatic carbocycles. The molecule has 1 heterocycles. The molecule has 1 saturated heterocycles. The first-order chi connectivity index (χ1) is 7.93. The minimum atomic E-state index is -2.98. The van der Waals surface area contributed by atoms with E-state index < -0.39 is 10.0 Å². The molecule has 0 aromatic rings. The van der Waals surface area contributed by atoms with Crippen LogP contribution in [0.4, 0.5) is 0 Å². The van der Waals surface area contributed by atoms with Crippen LogP contribution in [-0.4, -0.2) is 45.2 Å². The average Bonchev–Trinajstić information content (AvgIpc) is 2.28. The zero-order valence-electron chi connectivity index (χ0n) is 11.3. The molecule has 17 heavy (non-hydrogen) atoms. The minimum absolute atomic E-state index is 0.558. The smallest absolute Gasteiger partial charge is 0.211 e. The Morgan fingerprint density at radius 2 is 2.18 bits per heavy atom. The first-order valence-corrected chi connectivity index (χ1v) is 8.40. The molecule has 0 aromatic heterocycles. The molecule has 0 spiro atoms. The molecular formula is C12H26N2O2S. The Labute approximate surface area is 106 Å². The van der Waals surface area contributed by atoms with Crippen LogP contribution in [0.1, 0.15) is 39.0 Å². The zero-order chi connectivity index (χ0) is 12.9. The molecule has 1 rings (SSSR count). The summed E-state index contributed by atoms with van der Waals surface area (Å²) in [5.41, 5.74) is 0. The van der Waals surface area contributed by atoms with Gasteiger partial charge in [0, 0.05) is 19.1 Å². The third-order valence-electron chi connectivity index (χ3n) is 3.69. The molecule has 0 saturated carbocycles. The molecule has 2 unspecified atom stereocenters. The summed E-state index contributed by atoms with van der Waals surface area (Å²) in [6.45, 7) is 3.62. The van der Waals surface area contributed by atoms with Crippen molar-refractivity contribution in [2.75, 3.05) is 26.4 Å². The van der Waals surface area contributed by atoms with Crippen LogP contribution in [0.25, 0.3) is 0 Å². The normalized spacial score (nSPS) is 24.8. The van der Waals surface area contributed by atoms with E-state index in [0.29, 0.717) is 18.5 Å². The van der Waals surface area contributed by atoms with Crippen molar-refractivity contribution in [3.05, 3.63) is 0 Å². The first-order valence-electron chi connectivity index (χ1n) is 6.56. The van der Waals surface area contributed by atoms with Crippen LogP contribution in [-0.2, 0) is 10.0 Å². The van der Waals surface area contributed by atoms with E-state index in [-0.39, 0.29) is 0 Å². The van der Waals surface area contributed by atoms with Gasteiger partial charge in [0.15, 0.2) is 0 Å². The molecule has 1 aliphatic heterocycles. The lowest BCUT2D eigenvalue weighted by Crippen LogP contribution is -2.39. The number of nitrogens with one attached hydrogen (secondary N) is 1. The Balaban J connectivity index is 2.30. The molecule has 2 atom stereocenters. The topological polar surface area (TPSA) is 49.4 Å². The summed E-state index contributed by atoms with van der Waals surface area (Å²) in [5, 5.41) is 3.23. The monoisotopic (exact) mass is 262 g/mol. The van der Waals surface area contributed by atoms with Crippen molar-refractivity contribution in [2.24, 2.45) is 5.92 Å². The highest BCUT2D eigenvalue weighted by atomic mass is 32.2. The number of nitrogens with zero attached hydrogens (tertiary/aromatic N) is 1. The van der Waals surface area contributed by atoms with Gasteiger partial charge in [-0.05, 0) is 45.6 Å². The van der Waals surface area contributed by atoms with Gasteiger partial charge in [0.2, 0.25) is 10.0 Å². The van der Waals surface area contributed by atoms with E-state index in [1.165, 1.54) is 25.5 Å². The highest BCUT2D eigenvalue weighted by molar-refractivity contribution is 7.88. The van der Waals surface area contributed by atoms with Crippen LogP contribution in [0.3, 0.4) is 0 Å². The molecule has 102 valence electrons. The summed E-state index contributed by atoms with van der Waals surface area (Å²) in [6, 6.07) is 0.560. The van der Waals surface area contributed by atoms with Crippen LogP contribution >= 0.6 is 0 Å². The van der Waals surface area contributed by atoms with Crippen molar-refractivity contribution in [3.63, 3.8) is 0 Å². The number of sulfonamides is 1. The molecule has 0 amide bonds. The van der Waals surface area contributed by atoms with Gasteiger partial charge in [0.05, 0.1) is 6.26 Å². The summed E-state index contributed by atoms with van der Waals surface area (Å²) in [5.74, 6) is 0.558.